The van der Waals surface area contributed by atoms with Gasteiger partial charge in [-0.2, -0.15) is 0 Å². The standard InChI is InChI=1S/C20H33N6O2/c1-12(2)8-10-24-18(27)16-17(23(7)20(24)28)21-19-25(11-9-13(3)4)22-14(5)15(6)26(16)19/h12-13,15-16H,8-11H2,1-7H3/q+1. The van der Waals surface area contributed by atoms with Gasteiger partial charge in [0.15, 0.2) is 0 Å². The maximum atomic E-state index is 13.3. The molecule has 0 N–H and O–H groups in total. The first-order chi connectivity index (χ1) is 13.1. The van der Waals surface area contributed by atoms with Gasteiger partial charge in [-0.05, 0) is 38.5 Å². The number of likely N-dealkylation sites (N-methyl/N-ethyl adjacent to an activating group) is 1. The second-order valence-corrected chi connectivity index (χ2v) is 8.82. The maximum Gasteiger partial charge on any atom is 0.416 e. The highest BCUT2D eigenvalue weighted by Crippen LogP contribution is 2.26. The van der Waals surface area contributed by atoms with Crippen molar-refractivity contribution in [3.63, 3.8) is 0 Å². The Morgan fingerprint density at radius 2 is 1.68 bits per heavy atom. The number of hydrazone groups is 1. The molecular formula is C20H33N6O2+. The highest BCUT2D eigenvalue weighted by atomic mass is 16.2. The summed E-state index contributed by atoms with van der Waals surface area (Å²) in [5.41, 5.74) is 0.949. The summed E-state index contributed by atoms with van der Waals surface area (Å²) in [6.45, 7) is 13.7. The maximum absolute atomic E-state index is 13.3. The molecule has 8 heteroatoms. The topological polar surface area (TPSA) is 71.6 Å². The smallest absolute Gasteiger partial charge is 0.270 e. The number of urea groups is 1. The van der Waals surface area contributed by atoms with E-state index in [2.05, 4.69) is 27.7 Å². The van der Waals surface area contributed by atoms with Gasteiger partial charge in [-0.15, -0.1) is 10.1 Å². The fourth-order valence-corrected chi connectivity index (χ4v) is 3.70. The number of guanidine groups is 1. The van der Waals surface area contributed by atoms with E-state index in [9.17, 15) is 9.59 Å². The third-order valence-electron chi connectivity index (χ3n) is 5.71. The van der Waals surface area contributed by atoms with Crippen molar-refractivity contribution in [1.82, 2.24) is 14.8 Å². The molecule has 154 valence electrons. The van der Waals surface area contributed by atoms with Gasteiger partial charge in [0, 0.05) is 13.6 Å². The lowest BCUT2D eigenvalue weighted by molar-refractivity contribution is -0.559. The summed E-state index contributed by atoms with van der Waals surface area (Å²) in [5, 5.41) is 6.61. The van der Waals surface area contributed by atoms with Crippen LogP contribution in [0.2, 0.25) is 0 Å². The largest absolute Gasteiger partial charge is 0.416 e. The molecule has 3 heterocycles. The zero-order valence-corrected chi connectivity index (χ0v) is 18.1. The monoisotopic (exact) mass is 389 g/mol. The molecule has 2 unspecified atom stereocenters. The molecule has 3 aliphatic heterocycles. The number of imide groups is 1. The number of aliphatic imine (C=N–C) groups is 1. The van der Waals surface area contributed by atoms with E-state index < -0.39 is 6.04 Å². The number of hydrogen-bond acceptors (Lipinski definition) is 5. The molecule has 0 saturated carbocycles. The Bertz CT molecular complexity index is 767. The van der Waals surface area contributed by atoms with Crippen LogP contribution in [0.5, 0.6) is 0 Å². The van der Waals surface area contributed by atoms with Crippen molar-refractivity contribution < 1.29 is 14.2 Å². The number of carbonyl (C=O) groups excluding carboxylic acids is 2. The van der Waals surface area contributed by atoms with Gasteiger partial charge in [-0.3, -0.25) is 14.6 Å². The summed E-state index contributed by atoms with van der Waals surface area (Å²) >= 11 is 0. The zero-order chi connectivity index (χ0) is 20.7. The molecule has 8 nitrogen and oxygen atoms in total. The number of fused-ring (bicyclic) bond motifs is 2. The highest BCUT2D eigenvalue weighted by Gasteiger charge is 2.55. The molecule has 0 bridgehead atoms. The predicted octanol–water partition coefficient (Wildman–Crippen LogP) is 2.20. The molecule has 0 aliphatic carbocycles. The van der Waals surface area contributed by atoms with E-state index in [-0.39, 0.29) is 18.0 Å². The van der Waals surface area contributed by atoms with Crippen LogP contribution < -0.4 is 0 Å². The fraction of sp³-hybridized carbons (Fsp3) is 0.750. The Kier molecular flexibility index (Phi) is 5.59. The van der Waals surface area contributed by atoms with Crippen molar-refractivity contribution in [3.8, 4) is 0 Å². The summed E-state index contributed by atoms with van der Waals surface area (Å²) in [7, 11) is 1.71. The van der Waals surface area contributed by atoms with Crippen molar-refractivity contribution >= 4 is 29.4 Å². The first-order valence-electron chi connectivity index (χ1n) is 10.3. The van der Waals surface area contributed by atoms with Crippen LogP contribution in [0.1, 0.15) is 54.4 Å². The third-order valence-corrected chi connectivity index (χ3v) is 5.71. The number of amides is 3. The molecule has 1 saturated heterocycles. The minimum Gasteiger partial charge on any atom is -0.270 e. The zero-order valence-electron chi connectivity index (χ0n) is 18.1. The van der Waals surface area contributed by atoms with Gasteiger partial charge in [-0.1, -0.05) is 32.7 Å². The van der Waals surface area contributed by atoms with E-state index in [0.29, 0.717) is 30.2 Å². The Balaban J connectivity index is 1.96. The average Bonchev–Trinajstić information content (AvgIpc) is 3.02. The molecule has 0 aromatic carbocycles. The molecule has 3 rings (SSSR count). The highest BCUT2D eigenvalue weighted by molar-refractivity contribution is 6.23. The SMILES string of the molecule is CC1=NN(CCC(C)C)C2=[N+](C1C)C1C(=O)N(CCC(C)C)C(=O)N(C)C1=N2. The van der Waals surface area contributed by atoms with Crippen LogP contribution in [0.15, 0.2) is 10.1 Å². The Morgan fingerprint density at radius 1 is 1.07 bits per heavy atom. The summed E-state index contributed by atoms with van der Waals surface area (Å²) in [5.74, 6) is 1.97. The van der Waals surface area contributed by atoms with E-state index >= 15 is 0 Å². The lowest BCUT2D eigenvalue weighted by Gasteiger charge is -2.36. The van der Waals surface area contributed by atoms with Gasteiger partial charge in [0.25, 0.3) is 5.91 Å². The van der Waals surface area contributed by atoms with Crippen molar-refractivity contribution in [2.45, 2.75) is 66.5 Å². The van der Waals surface area contributed by atoms with Crippen LogP contribution >= 0.6 is 0 Å². The van der Waals surface area contributed by atoms with Gasteiger partial charge in [0.1, 0.15) is 6.04 Å². The van der Waals surface area contributed by atoms with E-state index in [1.807, 2.05) is 23.4 Å². The Labute approximate surface area is 167 Å². The lowest BCUT2D eigenvalue weighted by atomic mass is 10.1. The molecule has 1 fully saturated rings. The molecule has 2 atom stereocenters. The number of carbonyl (C=O) groups is 2. The second-order valence-electron chi connectivity index (χ2n) is 8.82. The van der Waals surface area contributed by atoms with Gasteiger partial charge >= 0.3 is 12.0 Å². The van der Waals surface area contributed by atoms with E-state index in [1.54, 1.807) is 7.05 Å². The first-order valence-corrected chi connectivity index (χ1v) is 10.3. The number of amidine groups is 1. The number of rotatable bonds is 6. The van der Waals surface area contributed by atoms with Crippen LogP contribution in [0.25, 0.3) is 0 Å². The van der Waals surface area contributed by atoms with Gasteiger partial charge in [-0.25, -0.2) is 9.37 Å². The number of hydrogen-bond donors (Lipinski definition) is 0. The summed E-state index contributed by atoms with van der Waals surface area (Å²) in [6.07, 6.45) is 1.76. The van der Waals surface area contributed by atoms with Crippen molar-refractivity contribution in [1.29, 1.82) is 0 Å². The second kappa shape index (κ2) is 7.64. The molecule has 28 heavy (non-hydrogen) atoms. The van der Waals surface area contributed by atoms with Crippen LogP contribution in [0.4, 0.5) is 4.79 Å². The molecule has 3 amide bonds. The molecule has 0 spiro atoms. The number of nitrogens with zero attached hydrogens (tertiary/aromatic N) is 6. The van der Waals surface area contributed by atoms with Crippen LogP contribution in [-0.2, 0) is 4.79 Å². The van der Waals surface area contributed by atoms with Crippen molar-refractivity contribution in [2.75, 3.05) is 20.1 Å². The van der Waals surface area contributed by atoms with E-state index in [4.69, 9.17) is 10.1 Å². The minimum atomic E-state index is -0.563. The summed E-state index contributed by atoms with van der Waals surface area (Å²) < 4.78 is 2.03. The normalized spacial score (nSPS) is 25.0. The molecular weight excluding hydrogens is 356 g/mol. The van der Waals surface area contributed by atoms with Crippen molar-refractivity contribution in [2.24, 2.45) is 21.9 Å². The lowest BCUT2D eigenvalue weighted by Crippen LogP contribution is -2.64. The molecule has 0 aromatic heterocycles. The summed E-state index contributed by atoms with van der Waals surface area (Å²) in [4.78, 5) is 33.8. The summed E-state index contributed by atoms with van der Waals surface area (Å²) in [6, 6.07) is -0.902. The van der Waals surface area contributed by atoms with Crippen LogP contribution in [-0.4, -0.2) is 81.1 Å². The predicted molar refractivity (Wildman–Crippen MR) is 110 cm³/mol. The van der Waals surface area contributed by atoms with Crippen molar-refractivity contribution in [3.05, 3.63) is 0 Å². The van der Waals surface area contributed by atoms with E-state index in [1.165, 1.54) is 9.80 Å². The molecule has 0 radical (unpaired) electrons. The Morgan fingerprint density at radius 3 is 2.29 bits per heavy atom. The van der Waals surface area contributed by atoms with Crippen LogP contribution in [0.3, 0.4) is 0 Å². The van der Waals surface area contributed by atoms with Gasteiger partial charge < -0.3 is 0 Å². The fourth-order valence-electron chi connectivity index (χ4n) is 3.70. The Hall–Kier alpha value is -2.25. The first kappa shape index (κ1) is 20.5. The van der Waals surface area contributed by atoms with Gasteiger partial charge in [0.05, 0.1) is 12.3 Å². The molecule has 3 aliphatic rings. The van der Waals surface area contributed by atoms with E-state index in [0.717, 1.165) is 25.1 Å². The van der Waals surface area contributed by atoms with Gasteiger partial charge in [0.2, 0.25) is 11.9 Å². The minimum absolute atomic E-state index is 0.0472. The quantitative estimate of drug-likeness (QED) is 0.654. The van der Waals surface area contributed by atoms with Crippen LogP contribution in [0, 0.1) is 11.8 Å². The third kappa shape index (κ3) is 3.44. The average molecular weight is 390 g/mol. The molecule has 0 aromatic rings.